The van der Waals surface area contributed by atoms with Crippen LogP contribution in [0.15, 0.2) is 18.3 Å². The number of rotatable bonds is 8. The summed E-state index contributed by atoms with van der Waals surface area (Å²) >= 11 is 0. The van der Waals surface area contributed by atoms with Crippen LogP contribution in [0.3, 0.4) is 0 Å². The van der Waals surface area contributed by atoms with Crippen LogP contribution in [0.4, 0.5) is 5.82 Å². The fourth-order valence-electron chi connectivity index (χ4n) is 3.09. The highest BCUT2D eigenvalue weighted by molar-refractivity contribution is 5.74. The standard InChI is InChI=1S/C19H25N5O3/c1-23(2)9-10-27-13-7-8-20-16(11-13)18-21-15-6-4-5-14(15)19(22-18)24(3)12-17(25)26/h7-8,11H,4-6,9-10,12H2,1-3H3,(H,25,26). The van der Waals surface area contributed by atoms with Gasteiger partial charge in [0.15, 0.2) is 5.82 Å². The third kappa shape index (κ3) is 4.71. The average Bonchev–Trinajstić information content (AvgIpc) is 3.08. The maximum atomic E-state index is 11.1. The minimum atomic E-state index is -0.890. The summed E-state index contributed by atoms with van der Waals surface area (Å²) in [6.07, 6.45) is 4.42. The van der Waals surface area contributed by atoms with Gasteiger partial charge in [-0.1, -0.05) is 0 Å². The highest BCUT2D eigenvalue weighted by atomic mass is 16.5. The maximum absolute atomic E-state index is 11.1. The molecule has 0 aromatic carbocycles. The minimum Gasteiger partial charge on any atom is -0.492 e. The molecule has 2 aromatic rings. The quantitative estimate of drug-likeness (QED) is 0.746. The number of pyridine rings is 1. The van der Waals surface area contributed by atoms with Crippen LogP contribution in [0, 0.1) is 0 Å². The summed E-state index contributed by atoms with van der Waals surface area (Å²) in [4.78, 5) is 28.5. The minimum absolute atomic E-state index is 0.107. The van der Waals surface area contributed by atoms with E-state index < -0.39 is 5.97 Å². The lowest BCUT2D eigenvalue weighted by Crippen LogP contribution is -2.27. The number of carbonyl (C=O) groups is 1. The van der Waals surface area contributed by atoms with E-state index in [9.17, 15) is 4.79 Å². The zero-order chi connectivity index (χ0) is 19.4. The van der Waals surface area contributed by atoms with E-state index >= 15 is 0 Å². The summed E-state index contributed by atoms with van der Waals surface area (Å²) in [5.74, 6) is 1.00. The molecular formula is C19H25N5O3. The van der Waals surface area contributed by atoms with Gasteiger partial charge in [-0.3, -0.25) is 9.78 Å². The Balaban J connectivity index is 1.89. The Bertz CT molecular complexity index is 825. The Morgan fingerprint density at radius 2 is 2.07 bits per heavy atom. The van der Waals surface area contributed by atoms with Crippen molar-refractivity contribution in [3.63, 3.8) is 0 Å². The second-order valence-corrected chi connectivity index (χ2v) is 6.93. The SMILES string of the molecule is CN(C)CCOc1ccnc(-c2nc3c(c(N(C)CC(=O)O)n2)CCC3)c1. The van der Waals surface area contributed by atoms with E-state index in [0.29, 0.717) is 29.7 Å². The largest absolute Gasteiger partial charge is 0.492 e. The highest BCUT2D eigenvalue weighted by Gasteiger charge is 2.23. The van der Waals surface area contributed by atoms with E-state index in [1.165, 1.54) is 0 Å². The second-order valence-electron chi connectivity index (χ2n) is 6.93. The number of carboxylic acid groups (broad SMARTS) is 1. The van der Waals surface area contributed by atoms with Crippen molar-refractivity contribution in [1.29, 1.82) is 0 Å². The van der Waals surface area contributed by atoms with Gasteiger partial charge in [-0.15, -0.1) is 0 Å². The van der Waals surface area contributed by atoms with Gasteiger partial charge in [0, 0.05) is 37.1 Å². The smallest absolute Gasteiger partial charge is 0.323 e. The Morgan fingerprint density at radius 1 is 1.26 bits per heavy atom. The molecular weight excluding hydrogens is 346 g/mol. The molecule has 2 heterocycles. The number of likely N-dealkylation sites (N-methyl/N-ethyl adjacent to an activating group) is 2. The van der Waals surface area contributed by atoms with Crippen LogP contribution in [0.25, 0.3) is 11.5 Å². The summed E-state index contributed by atoms with van der Waals surface area (Å²) in [5.41, 5.74) is 2.64. The molecule has 1 N–H and O–H groups in total. The Labute approximate surface area is 158 Å². The number of hydrogen-bond acceptors (Lipinski definition) is 7. The molecule has 0 bridgehead atoms. The van der Waals surface area contributed by atoms with Crippen LogP contribution >= 0.6 is 0 Å². The van der Waals surface area contributed by atoms with Crippen molar-refractivity contribution in [1.82, 2.24) is 19.9 Å². The summed E-state index contributed by atoms with van der Waals surface area (Å²) in [6.45, 7) is 1.29. The number of aryl methyl sites for hydroxylation is 1. The number of carboxylic acids is 1. The molecule has 8 nitrogen and oxygen atoms in total. The van der Waals surface area contributed by atoms with Gasteiger partial charge in [0.2, 0.25) is 0 Å². The molecule has 27 heavy (non-hydrogen) atoms. The van der Waals surface area contributed by atoms with Crippen molar-refractivity contribution in [3.8, 4) is 17.3 Å². The average molecular weight is 371 g/mol. The molecule has 3 rings (SSSR count). The molecule has 0 fully saturated rings. The summed E-state index contributed by atoms with van der Waals surface area (Å²) < 4.78 is 5.78. The van der Waals surface area contributed by atoms with Gasteiger partial charge in [0.25, 0.3) is 0 Å². The maximum Gasteiger partial charge on any atom is 0.323 e. The van der Waals surface area contributed by atoms with Crippen LogP contribution in [0.5, 0.6) is 5.75 Å². The molecule has 0 radical (unpaired) electrons. The van der Waals surface area contributed by atoms with E-state index in [1.807, 2.05) is 26.2 Å². The van der Waals surface area contributed by atoms with Gasteiger partial charge >= 0.3 is 5.97 Å². The van der Waals surface area contributed by atoms with E-state index in [2.05, 4.69) is 19.9 Å². The van der Waals surface area contributed by atoms with E-state index in [-0.39, 0.29) is 6.54 Å². The molecule has 8 heteroatoms. The predicted molar refractivity (Wildman–Crippen MR) is 102 cm³/mol. The second kappa shape index (κ2) is 8.30. The first-order chi connectivity index (χ1) is 12.9. The number of anilines is 1. The predicted octanol–water partition coefficient (Wildman–Crippen LogP) is 1.49. The molecule has 0 saturated heterocycles. The number of aromatic nitrogens is 3. The summed E-state index contributed by atoms with van der Waals surface area (Å²) in [6, 6.07) is 3.64. The number of ether oxygens (including phenoxy) is 1. The normalized spacial score (nSPS) is 12.9. The Hall–Kier alpha value is -2.74. The van der Waals surface area contributed by atoms with E-state index in [0.717, 1.165) is 37.1 Å². The van der Waals surface area contributed by atoms with Gasteiger partial charge in [0.05, 0.1) is 0 Å². The molecule has 1 aliphatic rings. The van der Waals surface area contributed by atoms with Crippen LogP contribution in [-0.4, -0.2) is 71.8 Å². The van der Waals surface area contributed by atoms with Crippen LogP contribution in [-0.2, 0) is 17.6 Å². The topological polar surface area (TPSA) is 91.7 Å². The fourth-order valence-corrected chi connectivity index (χ4v) is 3.09. The Morgan fingerprint density at radius 3 is 2.81 bits per heavy atom. The van der Waals surface area contributed by atoms with Crippen molar-refractivity contribution in [2.24, 2.45) is 0 Å². The highest BCUT2D eigenvalue weighted by Crippen LogP contribution is 2.31. The summed E-state index contributed by atoms with van der Waals surface area (Å²) in [7, 11) is 5.73. The van der Waals surface area contributed by atoms with Crippen molar-refractivity contribution in [3.05, 3.63) is 29.6 Å². The van der Waals surface area contributed by atoms with Crippen LogP contribution in [0.2, 0.25) is 0 Å². The van der Waals surface area contributed by atoms with E-state index in [4.69, 9.17) is 9.84 Å². The number of fused-ring (bicyclic) bond motifs is 1. The first-order valence-corrected chi connectivity index (χ1v) is 9.00. The van der Waals surface area contributed by atoms with Gasteiger partial charge in [-0.2, -0.15) is 0 Å². The molecule has 2 aromatic heterocycles. The monoisotopic (exact) mass is 371 g/mol. The fraction of sp³-hybridized carbons (Fsp3) is 0.474. The van der Waals surface area contributed by atoms with Crippen molar-refractivity contribution in [2.45, 2.75) is 19.3 Å². The zero-order valence-corrected chi connectivity index (χ0v) is 16.0. The van der Waals surface area contributed by atoms with E-state index in [1.54, 1.807) is 18.1 Å². The third-order valence-corrected chi connectivity index (χ3v) is 4.41. The lowest BCUT2D eigenvalue weighted by atomic mass is 10.2. The lowest BCUT2D eigenvalue weighted by Gasteiger charge is -2.19. The van der Waals surface area contributed by atoms with Crippen molar-refractivity contribution >= 4 is 11.8 Å². The third-order valence-electron chi connectivity index (χ3n) is 4.41. The van der Waals surface area contributed by atoms with Crippen LogP contribution in [0.1, 0.15) is 17.7 Å². The molecule has 1 aliphatic carbocycles. The molecule has 0 amide bonds. The van der Waals surface area contributed by atoms with Gasteiger partial charge in [0.1, 0.15) is 30.4 Å². The zero-order valence-electron chi connectivity index (χ0n) is 16.0. The molecule has 0 unspecified atom stereocenters. The molecule has 0 spiro atoms. The van der Waals surface area contributed by atoms with Crippen molar-refractivity contribution < 1.29 is 14.6 Å². The first kappa shape index (κ1) is 19.0. The molecule has 0 aliphatic heterocycles. The van der Waals surface area contributed by atoms with Gasteiger partial charge in [-0.25, -0.2) is 9.97 Å². The van der Waals surface area contributed by atoms with Crippen LogP contribution < -0.4 is 9.64 Å². The van der Waals surface area contributed by atoms with Gasteiger partial charge < -0.3 is 19.6 Å². The number of hydrogen-bond donors (Lipinski definition) is 1. The molecule has 0 saturated carbocycles. The van der Waals surface area contributed by atoms with Crippen molar-refractivity contribution in [2.75, 3.05) is 45.7 Å². The Kier molecular flexibility index (Phi) is 5.85. The number of nitrogens with zero attached hydrogens (tertiary/aromatic N) is 5. The molecule has 0 atom stereocenters. The summed E-state index contributed by atoms with van der Waals surface area (Å²) in [5, 5.41) is 9.12. The molecule has 144 valence electrons. The number of aliphatic carboxylic acids is 1. The lowest BCUT2D eigenvalue weighted by molar-refractivity contribution is -0.135. The first-order valence-electron chi connectivity index (χ1n) is 9.00. The van der Waals surface area contributed by atoms with Gasteiger partial charge in [-0.05, 0) is 39.4 Å².